The van der Waals surface area contributed by atoms with Crippen LogP contribution in [0.5, 0.6) is 0 Å². The maximum absolute atomic E-state index is 11.3. The maximum atomic E-state index is 11.3. The molecule has 0 fully saturated rings. The maximum Gasteiger partial charge on any atom is 0.229 e. The fourth-order valence-corrected chi connectivity index (χ4v) is 0.858. The topological polar surface area (TPSA) is 64.4 Å². The Labute approximate surface area is 76.0 Å². The lowest BCUT2D eigenvalue weighted by Crippen LogP contribution is -2.23. The number of aromatic nitrogens is 1. The number of carbonyl (C=O) groups is 1. The third-order valence-electron chi connectivity index (χ3n) is 1.56. The van der Waals surface area contributed by atoms with Crippen LogP contribution in [-0.4, -0.2) is 24.8 Å². The fraction of sp³-hybridized carbons (Fsp3) is 0.500. The van der Waals surface area contributed by atoms with Gasteiger partial charge in [0.25, 0.3) is 0 Å². The molecule has 72 valence electrons. The fourth-order valence-electron chi connectivity index (χ4n) is 0.858. The number of hydrogen-bond acceptors (Lipinski definition) is 4. The second-order valence-corrected chi connectivity index (χ2v) is 2.76. The molecule has 0 aliphatic heterocycles. The standard InChI is InChI=1S/C8H12N2O3/c1-6(4-12-2)8(11)10-7-3-9-13-5-7/h3,5-6H,4H2,1-2H3,(H,10,11). The van der Waals surface area contributed by atoms with E-state index in [1.54, 1.807) is 14.0 Å². The van der Waals surface area contributed by atoms with E-state index in [-0.39, 0.29) is 11.8 Å². The van der Waals surface area contributed by atoms with Gasteiger partial charge in [-0.05, 0) is 0 Å². The van der Waals surface area contributed by atoms with Crippen molar-refractivity contribution < 1.29 is 14.1 Å². The van der Waals surface area contributed by atoms with Crippen LogP contribution in [0.25, 0.3) is 0 Å². The van der Waals surface area contributed by atoms with Crippen LogP contribution in [0.3, 0.4) is 0 Å². The molecule has 0 aliphatic rings. The van der Waals surface area contributed by atoms with E-state index in [1.807, 2.05) is 0 Å². The summed E-state index contributed by atoms with van der Waals surface area (Å²) < 4.78 is 9.40. The molecule has 1 unspecified atom stereocenters. The van der Waals surface area contributed by atoms with E-state index in [9.17, 15) is 4.79 Å². The van der Waals surface area contributed by atoms with Crippen LogP contribution in [0.15, 0.2) is 17.0 Å². The predicted octanol–water partition coefficient (Wildman–Crippen LogP) is 0.896. The van der Waals surface area contributed by atoms with Crippen LogP contribution < -0.4 is 5.32 Å². The summed E-state index contributed by atoms with van der Waals surface area (Å²) in [5.41, 5.74) is 0.563. The van der Waals surface area contributed by atoms with E-state index in [2.05, 4.69) is 15.0 Å². The van der Waals surface area contributed by atoms with Gasteiger partial charge >= 0.3 is 0 Å². The van der Waals surface area contributed by atoms with E-state index < -0.39 is 0 Å². The van der Waals surface area contributed by atoms with Gasteiger partial charge in [-0.3, -0.25) is 4.79 Å². The highest BCUT2D eigenvalue weighted by Gasteiger charge is 2.12. The molecule has 1 aromatic rings. The number of nitrogens with zero attached hydrogens (tertiary/aromatic N) is 1. The van der Waals surface area contributed by atoms with Gasteiger partial charge in [-0.15, -0.1) is 0 Å². The molecular weight excluding hydrogens is 172 g/mol. The van der Waals surface area contributed by atoms with Crippen LogP contribution in [0, 0.1) is 5.92 Å². The molecular formula is C8H12N2O3. The van der Waals surface area contributed by atoms with Crippen molar-refractivity contribution in [1.29, 1.82) is 0 Å². The van der Waals surface area contributed by atoms with Gasteiger partial charge in [0, 0.05) is 7.11 Å². The molecule has 13 heavy (non-hydrogen) atoms. The zero-order valence-electron chi connectivity index (χ0n) is 7.61. The van der Waals surface area contributed by atoms with Crippen molar-refractivity contribution in [2.45, 2.75) is 6.92 Å². The average Bonchev–Trinajstić information content (AvgIpc) is 2.57. The highest BCUT2D eigenvalue weighted by Crippen LogP contribution is 2.06. The van der Waals surface area contributed by atoms with Crippen molar-refractivity contribution in [3.63, 3.8) is 0 Å². The Balaban J connectivity index is 2.41. The highest BCUT2D eigenvalue weighted by molar-refractivity contribution is 5.91. The number of amides is 1. The van der Waals surface area contributed by atoms with Gasteiger partial charge in [0.2, 0.25) is 5.91 Å². The quantitative estimate of drug-likeness (QED) is 0.754. The summed E-state index contributed by atoms with van der Waals surface area (Å²) in [6.45, 7) is 2.18. The van der Waals surface area contributed by atoms with Gasteiger partial charge < -0.3 is 14.6 Å². The highest BCUT2D eigenvalue weighted by atomic mass is 16.5. The van der Waals surface area contributed by atoms with Crippen molar-refractivity contribution in [3.8, 4) is 0 Å². The molecule has 5 heteroatoms. The van der Waals surface area contributed by atoms with E-state index in [4.69, 9.17) is 4.74 Å². The summed E-state index contributed by atoms with van der Waals surface area (Å²) in [5.74, 6) is -0.287. The first-order valence-electron chi connectivity index (χ1n) is 3.93. The molecule has 0 radical (unpaired) electrons. The van der Waals surface area contributed by atoms with Gasteiger partial charge in [-0.25, -0.2) is 0 Å². The largest absolute Gasteiger partial charge is 0.384 e. The smallest absolute Gasteiger partial charge is 0.229 e. The Bertz CT molecular complexity index is 258. The number of nitrogens with one attached hydrogen (secondary N) is 1. The van der Waals surface area contributed by atoms with Gasteiger partial charge in [-0.1, -0.05) is 12.1 Å². The zero-order chi connectivity index (χ0) is 9.68. The predicted molar refractivity (Wildman–Crippen MR) is 46.2 cm³/mol. The molecule has 1 amide bonds. The minimum atomic E-state index is -0.181. The number of methoxy groups -OCH3 is 1. The second-order valence-electron chi connectivity index (χ2n) is 2.76. The Kier molecular flexibility index (Phi) is 3.45. The number of rotatable bonds is 4. The molecule has 1 heterocycles. The monoisotopic (exact) mass is 184 g/mol. The van der Waals surface area contributed by atoms with Gasteiger partial charge in [0.15, 0.2) is 0 Å². The molecule has 5 nitrogen and oxygen atoms in total. The van der Waals surface area contributed by atoms with Gasteiger partial charge in [0.1, 0.15) is 12.0 Å². The Morgan fingerprint density at radius 1 is 1.85 bits per heavy atom. The molecule has 0 spiro atoms. The zero-order valence-corrected chi connectivity index (χ0v) is 7.61. The summed E-state index contributed by atoms with van der Waals surface area (Å²) in [6, 6.07) is 0. The number of carbonyl (C=O) groups excluding carboxylic acids is 1. The summed E-state index contributed by atoms with van der Waals surface area (Å²) >= 11 is 0. The molecule has 0 aromatic carbocycles. The average molecular weight is 184 g/mol. The first-order chi connectivity index (χ1) is 6.24. The second kappa shape index (κ2) is 4.61. The van der Waals surface area contributed by atoms with E-state index in [0.717, 1.165) is 0 Å². The molecule has 1 N–H and O–H groups in total. The van der Waals surface area contributed by atoms with Gasteiger partial charge in [0.05, 0.1) is 18.7 Å². The van der Waals surface area contributed by atoms with Crippen molar-refractivity contribution in [3.05, 3.63) is 12.5 Å². The first-order valence-corrected chi connectivity index (χ1v) is 3.93. The Morgan fingerprint density at radius 3 is 3.15 bits per heavy atom. The molecule has 1 rings (SSSR count). The molecule has 0 aliphatic carbocycles. The minimum absolute atomic E-state index is 0.106. The SMILES string of the molecule is COCC(C)C(=O)Nc1cnoc1. The van der Waals surface area contributed by atoms with Crippen molar-refractivity contribution in [1.82, 2.24) is 5.16 Å². The molecule has 1 atom stereocenters. The van der Waals surface area contributed by atoms with Crippen LogP contribution in [0.1, 0.15) is 6.92 Å². The number of hydrogen-bond donors (Lipinski definition) is 1. The number of anilines is 1. The summed E-state index contributed by atoms with van der Waals surface area (Å²) in [7, 11) is 1.56. The van der Waals surface area contributed by atoms with E-state index in [0.29, 0.717) is 12.3 Å². The van der Waals surface area contributed by atoms with Crippen LogP contribution in [-0.2, 0) is 9.53 Å². The Morgan fingerprint density at radius 2 is 2.62 bits per heavy atom. The van der Waals surface area contributed by atoms with Crippen LogP contribution >= 0.6 is 0 Å². The molecule has 0 bridgehead atoms. The molecule has 1 aromatic heterocycles. The molecule has 0 saturated heterocycles. The summed E-state index contributed by atoms with van der Waals surface area (Å²) in [6.07, 6.45) is 2.81. The van der Waals surface area contributed by atoms with Gasteiger partial charge in [-0.2, -0.15) is 0 Å². The summed E-state index contributed by atoms with van der Waals surface area (Å²) in [5, 5.41) is 6.09. The van der Waals surface area contributed by atoms with E-state index in [1.165, 1.54) is 12.5 Å². The lowest BCUT2D eigenvalue weighted by molar-refractivity contribution is -0.120. The third-order valence-corrected chi connectivity index (χ3v) is 1.56. The van der Waals surface area contributed by atoms with Crippen LogP contribution in [0.4, 0.5) is 5.69 Å². The Hall–Kier alpha value is -1.36. The lowest BCUT2D eigenvalue weighted by Gasteiger charge is -2.08. The van der Waals surface area contributed by atoms with Crippen molar-refractivity contribution in [2.24, 2.45) is 5.92 Å². The summed E-state index contributed by atoms with van der Waals surface area (Å²) in [4.78, 5) is 11.3. The first kappa shape index (κ1) is 9.73. The van der Waals surface area contributed by atoms with Crippen LogP contribution in [0.2, 0.25) is 0 Å². The normalized spacial score (nSPS) is 12.5. The minimum Gasteiger partial charge on any atom is -0.384 e. The third kappa shape index (κ3) is 2.87. The molecule has 0 saturated carbocycles. The van der Waals surface area contributed by atoms with Crippen molar-refractivity contribution >= 4 is 11.6 Å². The van der Waals surface area contributed by atoms with E-state index >= 15 is 0 Å². The lowest BCUT2D eigenvalue weighted by atomic mass is 10.2. The number of ether oxygens (including phenoxy) is 1. The van der Waals surface area contributed by atoms with Crippen molar-refractivity contribution in [2.75, 3.05) is 19.0 Å².